The van der Waals surface area contributed by atoms with E-state index in [2.05, 4.69) is 54.2 Å². The van der Waals surface area contributed by atoms with E-state index in [1.54, 1.807) is 26.3 Å². The Morgan fingerprint density at radius 2 is 1.95 bits per heavy atom. The summed E-state index contributed by atoms with van der Waals surface area (Å²) in [5, 5.41) is 15.9. The van der Waals surface area contributed by atoms with Gasteiger partial charge in [0.15, 0.2) is 0 Å². The van der Waals surface area contributed by atoms with Gasteiger partial charge in [0, 0.05) is 67.9 Å². The monoisotopic (exact) mass is 568 g/mol. The molecule has 10 nitrogen and oxygen atoms in total. The number of fused-ring (bicyclic) bond motifs is 1. The molecule has 3 aromatic rings. The fourth-order valence-corrected chi connectivity index (χ4v) is 7.05. The summed E-state index contributed by atoms with van der Waals surface area (Å²) in [5.74, 6) is 2.72. The van der Waals surface area contributed by atoms with E-state index in [4.69, 9.17) is 14.7 Å². The molecule has 0 saturated carbocycles. The van der Waals surface area contributed by atoms with Crippen molar-refractivity contribution in [2.75, 3.05) is 53.4 Å². The predicted molar refractivity (Wildman–Crippen MR) is 159 cm³/mol. The topological polar surface area (TPSA) is 121 Å². The second-order valence-corrected chi connectivity index (χ2v) is 13.6. The standard InChI is InChI=1S/C29H40N6O4S/c1-6-40(37,38)17-20-15-35(19(20)4)24-8-7-21(18(2)3)22-13-28(31-14-23(22)24)32-27-9-11-30-29(33-27)34-12-10-26(39-5)25(36)16-34/h7-9,11,13-14,18-20,25-26,36H,6,10,12,15-17H2,1-5H3,(H,30,31,32,33)/t19-,20?,25-,26+/m1/s1. The van der Waals surface area contributed by atoms with Gasteiger partial charge in [-0.3, -0.25) is 0 Å². The van der Waals surface area contributed by atoms with Gasteiger partial charge >= 0.3 is 0 Å². The molecule has 0 spiro atoms. The molecule has 2 aromatic heterocycles. The van der Waals surface area contributed by atoms with Gasteiger partial charge in [-0.2, -0.15) is 4.98 Å². The maximum absolute atomic E-state index is 12.2. The third-order valence-electron chi connectivity index (χ3n) is 8.36. The number of β-amino-alcohol motifs (C(OH)–C–C–N with tert-alkyl or cyclic N) is 1. The highest BCUT2D eigenvalue weighted by Gasteiger charge is 2.38. The van der Waals surface area contributed by atoms with E-state index >= 15 is 0 Å². The molecule has 40 heavy (non-hydrogen) atoms. The summed E-state index contributed by atoms with van der Waals surface area (Å²) in [7, 11) is -1.39. The van der Waals surface area contributed by atoms with E-state index in [1.165, 1.54) is 5.56 Å². The van der Waals surface area contributed by atoms with Gasteiger partial charge in [0.2, 0.25) is 5.95 Å². The summed E-state index contributed by atoms with van der Waals surface area (Å²) in [5.41, 5.74) is 2.30. The first-order valence-electron chi connectivity index (χ1n) is 14.1. The van der Waals surface area contributed by atoms with Gasteiger partial charge in [-0.05, 0) is 48.4 Å². The summed E-state index contributed by atoms with van der Waals surface area (Å²) in [6.07, 6.45) is 3.55. The third kappa shape index (κ3) is 5.73. The van der Waals surface area contributed by atoms with Crippen molar-refractivity contribution in [2.45, 2.75) is 58.3 Å². The fourth-order valence-electron chi connectivity index (χ4n) is 5.78. The number of sulfone groups is 1. The maximum Gasteiger partial charge on any atom is 0.227 e. The Kier molecular flexibility index (Phi) is 8.17. The Bertz CT molecular complexity index is 1470. The van der Waals surface area contributed by atoms with Crippen LogP contribution < -0.4 is 15.1 Å². The van der Waals surface area contributed by atoms with Gasteiger partial charge in [-0.1, -0.05) is 26.8 Å². The highest BCUT2D eigenvalue weighted by molar-refractivity contribution is 7.91. The molecule has 0 amide bonds. The van der Waals surface area contributed by atoms with Crippen molar-refractivity contribution in [1.29, 1.82) is 0 Å². The quantitative estimate of drug-likeness (QED) is 0.395. The molecule has 1 aromatic carbocycles. The second kappa shape index (κ2) is 11.5. The molecule has 1 unspecified atom stereocenters. The van der Waals surface area contributed by atoms with Crippen molar-refractivity contribution in [3.8, 4) is 0 Å². The lowest BCUT2D eigenvalue weighted by atomic mass is 9.88. The number of benzene rings is 1. The molecule has 0 aliphatic carbocycles. The summed E-state index contributed by atoms with van der Waals surface area (Å²) in [4.78, 5) is 18.1. The number of piperidine rings is 1. The third-order valence-corrected chi connectivity index (χ3v) is 10.2. The molecule has 2 fully saturated rings. The van der Waals surface area contributed by atoms with E-state index in [1.807, 2.05) is 11.1 Å². The average Bonchev–Trinajstić information content (AvgIpc) is 2.94. The van der Waals surface area contributed by atoms with Gasteiger partial charge < -0.3 is 25.0 Å². The molecule has 4 heterocycles. The Morgan fingerprint density at radius 3 is 2.62 bits per heavy atom. The zero-order valence-electron chi connectivity index (χ0n) is 23.9. The van der Waals surface area contributed by atoms with E-state index in [0.717, 1.165) is 23.0 Å². The molecule has 11 heteroatoms. The highest BCUT2D eigenvalue weighted by Crippen LogP contribution is 2.39. The number of pyridine rings is 1. The number of nitrogens with one attached hydrogen (secondary N) is 1. The number of aliphatic hydroxyl groups excluding tert-OH is 1. The number of ether oxygens (including phenoxy) is 1. The summed E-state index contributed by atoms with van der Waals surface area (Å²) in [6.45, 7) is 10.0. The molecule has 4 atom stereocenters. The van der Waals surface area contributed by atoms with Crippen LogP contribution in [0.15, 0.2) is 36.7 Å². The largest absolute Gasteiger partial charge is 0.389 e. The normalized spacial score (nSPS) is 23.5. The lowest BCUT2D eigenvalue weighted by Crippen LogP contribution is -2.57. The number of methoxy groups -OCH3 is 1. The van der Waals surface area contributed by atoms with Crippen molar-refractivity contribution < 1.29 is 18.3 Å². The number of aromatic nitrogens is 3. The molecular formula is C29H40N6O4S. The molecule has 2 saturated heterocycles. The molecule has 2 N–H and O–H groups in total. The smallest absolute Gasteiger partial charge is 0.227 e. The van der Waals surface area contributed by atoms with Gasteiger partial charge in [0.1, 0.15) is 21.5 Å². The number of hydrogen-bond donors (Lipinski definition) is 2. The minimum absolute atomic E-state index is 0.132. The minimum atomic E-state index is -3.01. The zero-order valence-corrected chi connectivity index (χ0v) is 24.7. The Morgan fingerprint density at radius 1 is 1.15 bits per heavy atom. The number of aliphatic hydroxyl groups is 1. The highest BCUT2D eigenvalue weighted by atomic mass is 32.2. The molecular weight excluding hydrogens is 528 g/mol. The Balaban J connectivity index is 1.39. The average molecular weight is 569 g/mol. The lowest BCUT2D eigenvalue weighted by Gasteiger charge is -2.48. The number of anilines is 4. The first-order valence-corrected chi connectivity index (χ1v) is 15.9. The van der Waals surface area contributed by atoms with Crippen molar-refractivity contribution in [3.63, 3.8) is 0 Å². The van der Waals surface area contributed by atoms with E-state index in [9.17, 15) is 13.5 Å². The zero-order chi connectivity index (χ0) is 28.6. The van der Waals surface area contributed by atoms with Crippen LogP contribution in [-0.4, -0.2) is 85.0 Å². The molecule has 2 aliphatic rings. The minimum Gasteiger partial charge on any atom is -0.389 e. The van der Waals surface area contributed by atoms with Crippen LogP contribution in [0.1, 0.15) is 45.6 Å². The Hall–Kier alpha value is -3.02. The molecule has 216 valence electrons. The fraction of sp³-hybridized carbons (Fsp3) is 0.552. The van der Waals surface area contributed by atoms with Crippen LogP contribution in [0.25, 0.3) is 10.8 Å². The summed E-state index contributed by atoms with van der Waals surface area (Å²) >= 11 is 0. The Labute approximate surface area is 236 Å². The number of hydrogen-bond acceptors (Lipinski definition) is 10. The number of rotatable bonds is 9. The summed E-state index contributed by atoms with van der Waals surface area (Å²) < 4.78 is 29.8. The van der Waals surface area contributed by atoms with Crippen molar-refractivity contribution in [3.05, 3.63) is 42.2 Å². The van der Waals surface area contributed by atoms with Crippen molar-refractivity contribution in [1.82, 2.24) is 15.0 Å². The van der Waals surface area contributed by atoms with Crippen LogP contribution in [0.5, 0.6) is 0 Å². The molecule has 2 aliphatic heterocycles. The first-order chi connectivity index (χ1) is 19.1. The van der Waals surface area contributed by atoms with Gasteiger partial charge in [-0.15, -0.1) is 0 Å². The molecule has 0 bridgehead atoms. The van der Waals surface area contributed by atoms with Crippen molar-refractivity contribution >= 4 is 43.9 Å². The predicted octanol–water partition coefficient (Wildman–Crippen LogP) is 3.74. The van der Waals surface area contributed by atoms with Crippen molar-refractivity contribution in [2.24, 2.45) is 5.92 Å². The maximum atomic E-state index is 12.2. The lowest BCUT2D eigenvalue weighted by molar-refractivity contribution is -0.0219. The van der Waals surface area contributed by atoms with Crippen LogP contribution >= 0.6 is 0 Å². The second-order valence-electron chi connectivity index (χ2n) is 11.2. The van der Waals surface area contributed by atoms with E-state index in [0.29, 0.717) is 43.0 Å². The van der Waals surface area contributed by atoms with Crippen LogP contribution in [0.4, 0.5) is 23.3 Å². The molecule has 5 rings (SSSR count). The van der Waals surface area contributed by atoms with E-state index < -0.39 is 15.9 Å². The van der Waals surface area contributed by atoms with Crippen LogP contribution in [0.2, 0.25) is 0 Å². The van der Waals surface area contributed by atoms with E-state index in [-0.39, 0.29) is 29.6 Å². The summed E-state index contributed by atoms with van der Waals surface area (Å²) in [6, 6.07) is 8.32. The van der Waals surface area contributed by atoms with Gasteiger partial charge in [0.25, 0.3) is 0 Å². The van der Waals surface area contributed by atoms with Crippen LogP contribution in [-0.2, 0) is 14.6 Å². The van der Waals surface area contributed by atoms with Gasteiger partial charge in [-0.25, -0.2) is 18.4 Å². The van der Waals surface area contributed by atoms with Gasteiger partial charge in [0.05, 0.1) is 18.0 Å². The first kappa shape index (κ1) is 28.5. The number of nitrogens with zero attached hydrogens (tertiary/aromatic N) is 5. The van der Waals surface area contributed by atoms with Crippen LogP contribution in [0.3, 0.4) is 0 Å². The van der Waals surface area contributed by atoms with Crippen LogP contribution in [0, 0.1) is 5.92 Å². The SMILES string of the molecule is CCS(=O)(=O)CC1CN(c2ccc(C(C)C)c3cc(Nc4ccnc(N5CC[C@H](OC)[C@H](O)C5)n4)ncc23)[C@@H]1C. The molecule has 0 radical (unpaired) electrons.